The molecule has 20 heavy (non-hydrogen) atoms. The summed E-state index contributed by atoms with van der Waals surface area (Å²) in [7, 11) is 1.40. The van der Waals surface area contributed by atoms with Gasteiger partial charge < -0.3 is 10.1 Å². The van der Waals surface area contributed by atoms with Gasteiger partial charge in [-0.3, -0.25) is 9.20 Å². The van der Waals surface area contributed by atoms with E-state index in [-0.39, 0.29) is 17.3 Å². The summed E-state index contributed by atoms with van der Waals surface area (Å²) in [4.78, 5) is 16.8. The van der Waals surface area contributed by atoms with Gasteiger partial charge in [-0.2, -0.15) is 0 Å². The summed E-state index contributed by atoms with van der Waals surface area (Å²) in [6.45, 7) is 7.09. The predicted molar refractivity (Wildman–Crippen MR) is 82.4 cm³/mol. The Balaban J connectivity index is 2.19. The van der Waals surface area contributed by atoms with Crippen LogP contribution in [0.1, 0.15) is 26.5 Å². The number of carbonyl (C=O) groups excluding carboxylic acids is 1. The third-order valence-corrected chi connectivity index (χ3v) is 4.40. The van der Waals surface area contributed by atoms with Crippen molar-refractivity contribution in [3.05, 3.63) is 17.3 Å². The number of nitrogens with zero attached hydrogens (tertiary/aromatic N) is 2. The van der Waals surface area contributed by atoms with Gasteiger partial charge in [-0.1, -0.05) is 11.8 Å². The van der Waals surface area contributed by atoms with Gasteiger partial charge in [-0.05, 0) is 20.8 Å². The van der Waals surface area contributed by atoms with Crippen molar-refractivity contribution in [1.29, 1.82) is 0 Å². The first-order valence-corrected chi connectivity index (χ1v) is 8.16. The van der Waals surface area contributed by atoms with Crippen LogP contribution in [0.15, 0.2) is 16.6 Å². The van der Waals surface area contributed by atoms with Crippen molar-refractivity contribution < 1.29 is 9.53 Å². The van der Waals surface area contributed by atoms with Crippen molar-refractivity contribution in [2.24, 2.45) is 0 Å². The zero-order chi connectivity index (χ0) is 14.8. The van der Waals surface area contributed by atoms with E-state index < -0.39 is 0 Å². The number of imidazole rings is 1. The van der Waals surface area contributed by atoms with Crippen LogP contribution in [0.25, 0.3) is 4.96 Å². The van der Waals surface area contributed by atoms with Crippen LogP contribution in [0.2, 0.25) is 0 Å². The lowest BCUT2D eigenvalue weighted by atomic mass is 10.1. The van der Waals surface area contributed by atoms with E-state index in [9.17, 15) is 4.79 Å². The van der Waals surface area contributed by atoms with E-state index in [2.05, 4.69) is 40.2 Å². The second-order valence-electron chi connectivity index (χ2n) is 5.39. The molecular weight excluding hydrogens is 294 g/mol. The zero-order valence-electron chi connectivity index (χ0n) is 12.1. The number of thioether (sulfide) groups is 1. The molecule has 1 N–H and O–H groups in total. The van der Waals surface area contributed by atoms with Crippen molar-refractivity contribution in [3.63, 3.8) is 0 Å². The summed E-state index contributed by atoms with van der Waals surface area (Å²) in [6, 6.07) is 0. The van der Waals surface area contributed by atoms with E-state index in [1.807, 2.05) is 11.6 Å². The number of esters is 1. The van der Waals surface area contributed by atoms with Gasteiger partial charge in [-0.25, -0.2) is 4.98 Å². The Labute approximate surface area is 126 Å². The topological polar surface area (TPSA) is 55.6 Å². The molecule has 2 aromatic rings. The molecule has 0 atom stereocenters. The van der Waals surface area contributed by atoms with Gasteiger partial charge in [0.25, 0.3) is 0 Å². The number of ether oxygens (including phenoxy) is 1. The molecule has 0 aliphatic carbocycles. The van der Waals surface area contributed by atoms with Gasteiger partial charge in [0.1, 0.15) is 5.03 Å². The summed E-state index contributed by atoms with van der Waals surface area (Å²) < 4.78 is 6.75. The number of carbonyl (C=O) groups is 1. The number of hydrogen-bond acceptors (Lipinski definition) is 6. The molecule has 0 saturated carbocycles. The van der Waals surface area contributed by atoms with Crippen LogP contribution in [0.4, 0.5) is 0 Å². The Bertz CT molecular complexity index is 598. The van der Waals surface area contributed by atoms with Gasteiger partial charge in [0.15, 0.2) is 4.96 Å². The van der Waals surface area contributed by atoms with E-state index in [1.54, 1.807) is 11.3 Å². The largest absolute Gasteiger partial charge is 0.468 e. The summed E-state index contributed by atoms with van der Waals surface area (Å²) >= 11 is 3.01. The van der Waals surface area contributed by atoms with Gasteiger partial charge in [0.05, 0.1) is 18.6 Å². The maximum Gasteiger partial charge on any atom is 0.316 e. The molecule has 0 fully saturated rings. The van der Waals surface area contributed by atoms with E-state index in [0.717, 1.165) is 15.7 Å². The Kier molecular flexibility index (Phi) is 4.72. The standard InChI is InChI=1S/C13H19N3O2S2/c1-13(2,3)14-7-9-11(20-8-10(17)18-4)15-12-16(9)5-6-19-12/h5-6,14H,7-8H2,1-4H3. The molecule has 2 rings (SSSR count). The molecule has 0 amide bonds. The van der Waals surface area contributed by atoms with Crippen LogP contribution in [0.5, 0.6) is 0 Å². The highest BCUT2D eigenvalue weighted by Crippen LogP contribution is 2.26. The van der Waals surface area contributed by atoms with Crippen molar-refractivity contribution >= 4 is 34.0 Å². The lowest BCUT2D eigenvalue weighted by Gasteiger charge is -2.20. The Morgan fingerprint density at radius 1 is 1.55 bits per heavy atom. The third-order valence-electron chi connectivity index (χ3n) is 2.66. The molecule has 0 saturated heterocycles. The quantitative estimate of drug-likeness (QED) is 0.679. The minimum Gasteiger partial charge on any atom is -0.468 e. The third kappa shape index (κ3) is 3.74. The van der Waals surface area contributed by atoms with E-state index in [4.69, 9.17) is 0 Å². The maximum absolute atomic E-state index is 11.3. The van der Waals surface area contributed by atoms with Gasteiger partial charge in [0.2, 0.25) is 0 Å². The monoisotopic (exact) mass is 313 g/mol. The van der Waals surface area contributed by atoms with E-state index in [0.29, 0.717) is 6.54 Å². The summed E-state index contributed by atoms with van der Waals surface area (Å²) in [5.74, 6) is 0.0465. The molecule has 2 heterocycles. The average Bonchev–Trinajstić information content (AvgIpc) is 2.92. The van der Waals surface area contributed by atoms with Crippen LogP contribution in [0.3, 0.4) is 0 Å². The second-order valence-corrected chi connectivity index (χ2v) is 7.22. The Morgan fingerprint density at radius 2 is 2.30 bits per heavy atom. The van der Waals surface area contributed by atoms with E-state index in [1.165, 1.54) is 18.9 Å². The molecule has 7 heteroatoms. The minimum atomic E-state index is -0.235. The van der Waals surface area contributed by atoms with Crippen LogP contribution in [0, 0.1) is 0 Å². The predicted octanol–water partition coefficient (Wildman–Crippen LogP) is 2.55. The first-order chi connectivity index (χ1) is 9.40. The molecule has 0 aromatic carbocycles. The number of nitrogens with one attached hydrogen (secondary N) is 1. The van der Waals surface area contributed by atoms with Crippen molar-refractivity contribution in [3.8, 4) is 0 Å². The molecule has 0 unspecified atom stereocenters. The molecule has 5 nitrogen and oxygen atoms in total. The maximum atomic E-state index is 11.3. The lowest BCUT2D eigenvalue weighted by molar-refractivity contribution is -0.137. The van der Waals surface area contributed by atoms with Gasteiger partial charge in [0, 0.05) is 23.7 Å². The van der Waals surface area contributed by atoms with Crippen molar-refractivity contribution in [2.75, 3.05) is 12.9 Å². The van der Waals surface area contributed by atoms with Crippen LogP contribution >= 0.6 is 23.1 Å². The number of rotatable bonds is 5. The fourth-order valence-corrected chi connectivity index (χ4v) is 3.28. The molecule has 110 valence electrons. The van der Waals surface area contributed by atoms with Gasteiger partial charge >= 0.3 is 5.97 Å². The first-order valence-electron chi connectivity index (χ1n) is 6.30. The zero-order valence-corrected chi connectivity index (χ0v) is 13.7. The number of aromatic nitrogens is 2. The molecule has 0 aliphatic rings. The van der Waals surface area contributed by atoms with Crippen LogP contribution < -0.4 is 5.32 Å². The number of methoxy groups -OCH3 is 1. The van der Waals surface area contributed by atoms with E-state index >= 15 is 0 Å². The minimum absolute atomic E-state index is 0.0322. The molecule has 2 aromatic heterocycles. The summed E-state index contributed by atoms with van der Waals surface area (Å²) in [5, 5.41) is 6.36. The van der Waals surface area contributed by atoms with Gasteiger partial charge in [-0.15, -0.1) is 11.3 Å². The highest BCUT2D eigenvalue weighted by atomic mass is 32.2. The highest BCUT2D eigenvalue weighted by Gasteiger charge is 2.17. The van der Waals surface area contributed by atoms with Crippen LogP contribution in [-0.4, -0.2) is 33.8 Å². The molecule has 0 radical (unpaired) electrons. The smallest absolute Gasteiger partial charge is 0.316 e. The van der Waals surface area contributed by atoms with Crippen molar-refractivity contribution in [2.45, 2.75) is 37.9 Å². The van der Waals surface area contributed by atoms with Crippen LogP contribution in [-0.2, 0) is 16.1 Å². The van der Waals surface area contributed by atoms with Crippen molar-refractivity contribution in [1.82, 2.24) is 14.7 Å². The highest BCUT2D eigenvalue weighted by molar-refractivity contribution is 7.99. The number of thiazole rings is 1. The molecule has 0 bridgehead atoms. The Morgan fingerprint density at radius 3 is 2.95 bits per heavy atom. The second kappa shape index (κ2) is 6.15. The first kappa shape index (κ1) is 15.3. The lowest BCUT2D eigenvalue weighted by Crippen LogP contribution is -2.35. The molecular formula is C13H19N3O2S2. The SMILES string of the molecule is COC(=O)CSc1nc2sccn2c1CNC(C)(C)C. The molecule has 0 spiro atoms. The summed E-state index contributed by atoms with van der Waals surface area (Å²) in [5.41, 5.74) is 1.12. The fraction of sp³-hybridized carbons (Fsp3) is 0.538. The normalized spacial score (nSPS) is 12.0. The molecule has 0 aliphatic heterocycles. The summed E-state index contributed by atoms with van der Waals surface area (Å²) in [6.07, 6.45) is 2.01. The average molecular weight is 313 g/mol. The fourth-order valence-electron chi connectivity index (χ4n) is 1.62. The number of hydrogen-bond donors (Lipinski definition) is 1. The number of fused-ring (bicyclic) bond motifs is 1. The Hall–Kier alpha value is -1.05.